The fourth-order valence-electron chi connectivity index (χ4n) is 5.73. The molecule has 2 aliphatic heterocycles. The van der Waals surface area contributed by atoms with E-state index in [4.69, 9.17) is 4.98 Å². The van der Waals surface area contributed by atoms with E-state index in [-0.39, 0.29) is 11.3 Å². The van der Waals surface area contributed by atoms with Crippen molar-refractivity contribution in [3.63, 3.8) is 0 Å². The molecule has 181 valence electrons. The molecule has 5 rings (SSSR count). The van der Waals surface area contributed by atoms with Crippen molar-refractivity contribution in [3.05, 3.63) is 47.8 Å². The molecule has 0 aliphatic carbocycles. The van der Waals surface area contributed by atoms with Crippen LogP contribution in [-0.4, -0.2) is 39.8 Å². The Kier molecular flexibility index (Phi) is 6.75. The number of anilines is 2. The van der Waals surface area contributed by atoms with Gasteiger partial charge in [0.05, 0.1) is 17.6 Å². The molecule has 1 amide bonds. The molecule has 2 unspecified atom stereocenters. The molecule has 0 saturated carbocycles. The third-order valence-corrected chi connectivity index (χ3v) is 8.31. The topological polar surface area (TPSA) is 79.8 Å². The van der Waals surface area contributed by atoms with Crippen LogP contribution in [0.5, 0.6) is 0 Å². The molecule has 2 fully saturated rings. The molecule has 1 radical (unpaired) electrons. The zero-order chi connectivity index (χ0) is 24.5. The van der Waals surface area contributed by atoms with E-state index >= 15 is 0 Å². The molecule has 2 atom stereocenters. The van der Waals surface area contributed by atoms with E-state index in [9.17, 15) is 4.79 Å². The second-order valence-electron chi connectivity index (χ2n) is 10.4. The van der Waals surface area contributed by atoms with Gasteiger partial charge in [0.1, 0.15) is 11.3 Å². The number of carbonyl (C=O) groups excluding carboxylic acids is 1. The third kappa shape index (κ3) is 5.32. The zero-order valence-corrected chi connectivity index (χ0v) is 21.7. The smallest absolute Gasteiger partial charge is 0.255 e. The number of aryl methyl sites for hydroxylation is 1. The predicted octanol–water partition coefficient (Wildman–Crippen LogP) is 6.45. The van der Waals surface area contributed by atoms with E-state index < -0.39 is 0 Å². The van der Waals surface area contributed by atoms with Gasteiger partial charge in [0, 0.05) is 15.9 Å². The monoisotopic (exact) mass is 486 g/mol. The minimum atomic E-state index is -0.160. The standard InChI is InChI=1S/C27H33BN5OS/c1-18-21(31-25(34)19-8-10-20(35-3)11-9-19)16-22-24(30-18)32-23(17-29-22)33-27-14-6-4-5-12-26(2,28-27)13-7-15-27/h8-11,16-17H,4-7,12-15H2,1-3H3,(H,31,34)(H,30,32,33). The van der Waals surface area contributed by atoms with Crippen LogP contribution in [0.3, 0.4) is 0 Å². The van der Waals surface area contributed by atoms with Crippen LogP contribution in [0, 0.1) is 6.92 Å². The Balaban J connectivity index is 1.36. The van der Waals surface area contributed by atoms with Gasteiger partial charge in [0.2, 0.25) is 0 Å². The van der Waals surface area contributed by atoms with Gasteiger partial charge in [0.25, 0.3) is 5.91 Å². The maximum Gasteiger partial charge on any atom is 0.255 e. The molecular weight excluding hydrogens is 453 g/mol. The van der Waals surface area contributed by atoms with Crippen LogP contribution < -0.4 is 10.6 Å². The van der Waals surface area contributed by atoms with E-state index in [0.717, 1.165) is 29.2 Å². The number of aromatic nitrogens is 3. The number of hydrogen-bond acceptors (Lipinski definition) is 6. The number of thioether (sulfide) groups is 1. The van der Waals surface area contributed by atoms with Crippen molar-refractivity contribution in [2.24, 2.45) is 0 Å². The first kappa shape index (κ1) is 24.1. The average Bonchev–Trinajstić information content (AvgIpc) is 2.83. The SMILES string of the molecule is CSc1ccc(C(=O)Nc2cc3ncc(NC45[B]C(C)(CCCCC4)CCC5)nc3nc2C)cc1. The summed E-state index contributed by atoms with van der Waals surface area (Å²) in [7, 11) is 2.58. The van der Waals surface area contributed by atoms with E-state index in [2.05, 4.69) is 34.8 Å². The fourth-order valence-corrected chi connectivity index (χ4v) is 6.14. The molecular formula is C27H33BN5OS. The Bertz CT molecular complexity index is 1240. The molecule has 2 N–H and O–H groups in total. The van der Waals surface area contributed by atoms with Crippen molar-refractivity contribution < 1.29 is 4.79 Å². The van der Waals surface area contributed by atoms with Crippen LogP contribution in [0.1, 0.15) is 74.3 Å². The molecule has 8 heteroatoms. The highest BCUT2D eigenvalue weighted by molar-refractivity contribution is 7.98. The number of benzene rings is 1. The number of nitrogens with one attached hydrogen (secondary N) is 2. The number of fused-ring (bicyclic) bond motifs is 3. The molecule has 3 aromatic rings. The minimum absolute atomic E-state index is 0.0232. The van der Waals surface area contributed by atoms with Crippen LogP contribution in [-0.2, 0) is 0 Å². The van der Waals surface area contributed by atoms with Gasteiger partial charge in [-0.1, -0.05) is 50.8 Å². The summed E-state index contributed by atoms with van der Waals surface area (Å²) in [6, 6.07) is 9.44. The van der Waals surface area contributed by atoms with Gasteiger partial charge in [-0.3, -0.25) is 4.79 Å². The summed E-state index contributed by atoms with van der Waals surface area (Å²) < 4.78 is 0. The van der Waals surface area contributed by atoms with Crippen LogP contribution in [0.2, 0.25) is 5.31 Å². The molecule has 2 bridgehead atoms. The van der Waals surface area contributed by atoms with Crippen molar-refractivity contribution in [2.75, 3.05) is 16.9 Å². The van der Waals surface area contributed by atoms with E-state index in [1.165, 1.54) is 38.5 Å². The van der Waals surface area contributed by atoms with Crippen molar-refractivity contribution in [1.82, 2.24) is 15.0 Å². The Hall–Kier alpha value is -2.61. The Morgan fingerprint density at radius 3 is 2.57 bits per heavy atom. The summed E-state index contributed by atoms with van der Waals surface area (Å²) in [5.74, 6) is 0.614. The number of rotatable bonds is 5. The minimum Gasteiger partial charge on any atom is -0.371 e. The van der Waals surface area contributed by atoms with Crippen LogP contribution >= 0.6 is 11.8 Å². The van der Waals surface area contributed by atoms with Gasteiger partial charge in [-0.2, -0.15) is 0 Å². The Labute approximate surface area is 212 Å². The number of nitrogens with zero attached hydrogens (tertiary/aromatic N) is 3. The van der Waals surface area contributed by atoms with Crippen molar-refractivity contribution in [2.45, 2.75) is 80.9 Å². The summed E-state index contributed by atoms with van der Waals surface area (Å²) in [5, 5.41) is 7.05. The van der Waals surface area contributed by atoms with E-state index in [1.54, 1.807) is 18.0 Å². The quantitative estimate of drug-likeness (QED) is 0.319. The van der Waals surface area contributed by atoms with Gasteiger partial charge in [-0.15, -0.1) is 11.8 Å². The van der Waals surface area contributed by atoms with E-state index in [0.29, 0.717) is 27.7 Å². The van der Waals surface area contributed by atoms with Gasteiger partial charge < -0.3 is 10.6 Å². The van der Waals surface area contributed by atoms with Gasteiger partial charge in [-0.25, -0.2) is 15.0 Å². The fraction of sp³-hybridized carbons (Fsp3) is 0.481. The lowest BCUT2D eigenvalue weighted by atomic mass is 9.35. The number of carbonyl (C=O) groups is 1. The Morgan fingerprint density at radius 1 is 1.03 bits per heavy atom. The number of hydrogen-bond donors (Lipinski definition) is 2. The van der Waals surface area contributed by atoms with Gasteiger partial charge in [0.15, 0.2) is 12.9 Å². The van der Waals surface area contributed by atoms with Gasteiger partial charge >= 0.3 is 0 Å². The molecule has 35 heavy (non-hydrogen) atoms. The van der Waals surface area contributed by atoms with Crippen molar-refractivity contribution in [3.8, 4) is 0 Å². The first-order valence-electron chi connectivity index (χ1n) is 12.6. The lowest BCUT2D eigenvalue weighted by molar-refractivity contribution is 0.102. The molecule has 1 aromatic carbocycles. The normalized spacial score (nSPS) is 24.2. The number of amides is 1. The van der Waals surface area contributed by atoms with E-state index in [1.807, 2.05) is 43.5 Å². The molecule has 4 heterocycles. The summed E-state index contributed by atoms with van der Waals surface area (Å²) in [6.07, 6.45) is 13.7. The molecule has 6 nitrogen and oxygen atoms in total. The largest absolute Gasteiger partial charge is 0.371 e. The lowest BCUT2D eigenvalue weighted by Gasteiger charge is -2.48. The van der Waals surface area contributed by atoms with Crippen LogP contribution in [0.4, 0.5) is 11.5 Å². The summed E-state index contributed by atoms with van der Waals surface area (Å²) in [4.78, 5) is 28.1. The van der Waals surface area contributed by atoms with Crippen molar-refractivity contribution in [1.29, 1.82) is 0 Å². The van der Waals surface area contributed by atoms with Gasteiger partial charge in [-0.05, 0) is 56.4 Å². The second-order valence-corrected chi connectivity index (χ2v) is 11.3. The second kappa shape index (κ2) is 9.80. The predicted molar refractivity (Wildman–Crippen MR) is 146 cm³/mol. The van der Waals surface area contributed by atoms with Crippen LogP contribution in [0.15, 0.2) is 41.4 Å². The first-order chi connectivity index (χ1) is 16.9. The first-order valence-corrected chi connectivity index (χ1v) is 13.8. The highest BCUT2D eigenvalue weighted by Crippen LogP contribution is 2.48. The Morgan fingerprint density at radius 2 is 1.77 bits per heavy atom. The van der Waals surface area contributed by atoms with Crippen molar-refractivity contribution >= 4 is 47.6 Å². The third-order valence-electron chi connectivity index (χ3n) is 7.57. The molecule has 2 aromatic heterocycles. The maximum atomic E-state index is 12.8. The summed E-state index contributed by atoms with van der Waals surface area (Å²) >= 11 is 1.65. The highest BCUT2D eigenvalue weighted by Gasteiger charge is 2.43. The summed E-state index contributed by atoms with van der Waals surface area (Å²) in [5.41, 5.74) is 3.23. The van der Waals surface area contributed by atoms with Crippen LogP contribution in [0.25, 0.3) is 11.2 Å². The zero-order valence-electron chi connectivity index (χ0n) is 20.9. The lowest BCUT2D eigenvalue weighted by Crippen LogP contribution is -2.52. The molecule has 2 saturated heterocycles. The number of pyridine rings is 1. The molecule has 2 aliphatic rings. The highest BCUT2D eigenvalue weighted by atomic mass is 32.2. The summed E-state index contributed by atoms with van der Waals surface area (Å²) in [6.45, 7) is 4.30. The average molecular weight is 486 g/mol. The maximum absolute atomic E-state index is 12.8. The molecule has 0 spiro atoms.